The van der Waals surface area contributed by atoms with Gasteiger partial charge in [0.25, 0.3) is 6.02 Å². The number of hydrogen-bond donors (Lipinski definition) is 1. The summed E-state index contributed by atoms with van der Waals surface area (Å²) in [4.78, 5) is 8.71. The molecule has 0 radical (unpaired) electrons. The van der Waals surface area contributed by atoms with Crippen LogP contribution in [-0.4, -0.2) is 55.2 Å². The van der Waals surface area contributed by atoms with Crippen LogP contribution in [0.1, 0.15) is 12.8 Å². The van der Waals surface area contributed by atoms with Crippen molar-refractivity contribution in [2.24, 2.45) is 10.9 Å². The summed E-state index contributed by atoms with van der Waals surface area (Å²) in [5, 5.41) is 3.24. The first-order valence-corrected chi connectivity index (χ1v) is 7.42. The van der Waals surface area contributed by atoms with Gasteiger partial charge in [0.2, 0.25) is 0 Å². The minimum atomic E-state index is -0.0597. The molecule has 5 nitrogen and oxygen atoms in total. The van der Waals surface area contributed by atoms with Gasteiger partial charge in [-0.05, 0) is 12.1 Å². The monoisotopic (exact) mass is 271 g/mol. The van der Waals surface area contributed by atoms with Crippen molar-refractivity contribution in [3.63, 3.8) is 0 Å². The Hall–Kier alpha value is -1.56. The molecular formula is C14H20BN4O+. The highest BCUT2D eigenvalue weighted by Crippen LogP contribution is 2.43. The van der Waals surface area contributed by atoms with Crippen molar-refractivity contribution < 1.29 is 9.13 Å². The number of fused-ring (bicyclic) bond motifs is 2. The van der Waals surface area contributed by atoms with Crippen LogP contribution in [0.4, 0.5) is 5.69 Å². The van der Waals surface area contributed by atoms with Gasteiger partial charge in [-0.1, -0.05) is 0 Å². The van der Waals surface area contributed by atoms with Crippen LogP contribution in [0.5, 0.6) is 0 Å². The van der Waals surface area contributed by atoms with Crippen molar-refractivity contribution in [2.45, 2.75) is 18.4 Å². The van der Waals surface area contributed by atoms with E-state index < -0.39 is 0 Å². The molecule has 1 atom stereocenters. The van der Waals surface area contributed by atoms with Crippen LogP contribution >= 0.6 is 0 Å². The average molecular weight is 271 g/mol. The van der Waals surface area contributed by atoms with Gasteiger partial charge in [-0.2, -0.15) is 0 Å². The molecule has 1 N–H and O–H groups in total. The van der Waals surface area contributed by atoms with Crippen LogP contribution in [0.25, 0.3) is 0 Å². The van der Waals surface area contributed by atoms with Crippen LogP contribution in [0.15, 0.2) is 29.5 Å². The fourth-order valence-corrected chi connectivity index (χ4v) is 4.03. The average Bonchev–Trinajstić information content (AvgIpc) is 2.82. The van der Waals surface area contributed by atoms with Crippen molar-refractivity contribution in [3.05, 3.63) is 24.5 Å². The quantitative estimate of drug-likeness (QED) is 0.752. The number of quaternary nitrogens is 1. The number of aliphatic imine (C=N–C) groups is 1. The number of ether oxygens (including phenoxy) is 1. The number of amidine groups is 1. The Balaban J connectivity index is 1.50. The van der Waals surface area contributed by atoms with E-state index in [0.717, 1.165) is 23.2 Å². The number of rotatable bonds is 1. The molecule has 0 aromatic carbocycles. The standard InChI is InChI=1S/C14H20BN4O/c15-19-6-3-11(4-7-19)14(10-19)9-17-13(20-14)18-12-2-1-5-16-8-12/h1-2,5,8,11H,3-4,6-7,9-10,15H2,(H,17,18)/q+1. The molecule has 3 fully saturated rings. The molecule has 104 valence electrons. The second-order valence-electron chi connectivity index (χ2n) is 6.65. The van der Waals surface area contributed by atoms with Crippen LogP contribution < -0.4 is 5.32 Å². The number of aromatic nitrogens is 1. The van der Waals surface area contributed by atoms with Gasteiger partial charge < -0.3 is 14.4 Å². The van der Waals surface area contributed by atoms with E-state index in [-0.39, 0.29) is 5.60 Å². The Morgan fingerprint density at radius 2 is 2.25 bits per heavy atom. The maximum absolute atomic E-state index is 6.29. The van der Waals surface area contributed by atoms with E-state index in [0.29, 0.717) is 11.9 Å². The first kappa shape index (κ1) is 12.2. The highest BCUT2D eigenvalue weighted by atomic mass is 16.5. The molecule has 20 heavy (non-hydrogen) atoms. The van der Waals surface area contributed by atoms with Crippen LogP contribution in [0.2, 0.25) is 0 Å². The minimum Gasteiger partial charge on any atom is -0.450 e. The molecule has 1 aromatic heterocycles. The van der Waals surface area contributed by atoms with Gasteiger partial charge in [-0.3, -0.25) is 4.98 Å². The van der Waals surface area contributed by atoms with Crippen LogP contribution in [-0.2, 0) is 4.74 Å². The first-order valence-electron chi connectivity index (χ1n) is 7.42. The smallest absolute Gasteiger partial charge is 0.373 e. The summed E-state index contributed by atoms with van der Waals surface area (Å²) in [5.74, 6) is 0.666. The third kappa shape index (κ3) is 1.90. The zero-order valence-electron chi connectivity index (χ0n) is 11.9. The Morgan fingerprint density at radius 3 is 2.95 bits per heavy atom. The molecule has 0 aliphatic carbocycles. The van der Waals surface area contributed by atoms with Gasteiger partial charge in [0, 0.05) is 25.0 Å². The summed E-state index contributed by atoms with van der Waals surface area (Å²) in [5.41, 5.74) is 0.875. The zero-order valence-corrected chi connectivity index (χ0v) is 11.9. The van der Waals surface area contributed by atoms with E-state index in [4.69, 9.17) is 4.74 Å². The molecule has 5 rings (SSSR count). The summed E-state index contributed by atoms with van der Waals surface area (Å²) >= 11 is 0. The molecule has 5 heterocycles. The third-order valence-electron chi connectivity index (χ3n) is 5.13. The molecule has 1 aromatic rings. The fourth-order valence-electron chi connectivity index (χ4n) is 4.03. The number of nitrogens with one attached hydrogen (secondary N) is 1. The predicted molar refractivity (Wildman–Crippen MR) is 80.1 cm³/mol. The second kappa shape index (κ2) is 4.22. The Bertz CT molecular complexity index is 541. The molecule has 1 spiro atoms. The SMILES string of the molecule is B[N+]12CCC(CC1)C1(CN=C(Nc3cccnc3)O1)C2. The summed E-state index contributed by atoms with van der Waals surface area (Å²) < 4.78 is 7.43. The van der Waals surface area contributed by atoms with Gasteiger partial charge in [0.1, 0.15) is 6.54 Å². The van der Waals surface area contributed by atoms with Gasteiger partial charge in [-0.15, -0.1) is 0 Å². The Labute approximate surface area is 120 Å². The molecule has 4 aliphatic rings. The summed E-state index contributed by atoms with van der Waals surface area (Å²) in [6, 6.07) is 4.56. The van der Waals surface area contributed by atoms with E-state index in [1.807, 2.05) is 12.1 Å². The number of anilines is 1. The number of piperidine rings is 3. The molecule has 3 saturated heterocycles. The molecule has 4 aliphatic heterocycles. The molecule has 2 bridgehead atoms. The van der Waals surface area contributed by atoms with Crippen LogP contribution in [0.3, 0.4) is 0 Å². The molecular weight excluding hydrogens is 251 g/mol. The largest absolute Gasteiger partial charge is 0.450 e. The predicted octanol–water partition coefficient (Wildman–Crippen LogP) is 0.407. The number of hydrogen-bond acceptors (Lipinski definition) is 4. The first-order chi connectivity index (χ1) is 9.68. The molecule has 1 unspecified atom stereocenters. The lowest BCUT2D eigenvalue weighted by molar-refractivity contribution is -0.845. The topological polar surface area (TPSA) is 46.5 Å². The Morgan fingerprint density at radius 1 is 1.40 bits per heavy atom. The molecule has 0 saturated carbocycles. The normalized spacial score (nSPS) is 38.6. The van der Waals surface area contributed by atoms with Crippen molar-refractivity contribution in [3.8, 4) is 0 Å². The highest BCUT2D eigenvalue weighted by molar-refractivity contribution is 5.97. The summed E-state index contributed by atoms with van der Waals surface area (Å²) in [7, 11) is 2.35. The maximum Gasteiger partial charge on any atom is 0.373 e. The van der Waals surface area contributed by atoms with Crippen LogP contribution in [0, 0.1) is 5.92 Å². The van der Waals surface area contributed by atoms with Gasteiger partial charge >= 0.3 is 7.98 Å². The lowest BCUT2D eigenvalue weighted by Gasteiger charge is -2.55. The lowest BCUT2D eigenvalue weighted by atomic mass is 9.72. The van der Waals surface area contributed by atoms with Crippen molar-refractivity contribution >= 4 is 19.7 Å². The van der Waals surface area contributed by atoms with Gasteiger partial charge in [-0.25, -0.2) is 4.99 Å². The second-order valence-corrected chi connectivity index (χ2v) is 6.65. The summed E-state index contributed by atoms with van der Waals surface area (Å²) in [6.45, 7) is 4.48. The van der Waals surface area contributed by atoms with Gasteiger partial charge in [0.05, 0.1) is 31.5 Å². The van der Waals surface area contributed by atoms with Crippen molar-refractivity contribution in [2.75, 3.05) is 31.5 Å². The fraction of sp³-hybridized carbons (Fsp3) is 0.571. The number of pyridine rings is 1. The minimum absolute atomic E-state index is 0.0597. The highest BCUT2D eigenvalue weighted by Gasteiger charge is 2.57. The molecule has 6 heteroatoms. The lowest BCUT2D eigenvalue weighted by Crippen LogP contribution is -2.69. The third-order valence-corrected chi connectivity index (χ3v) is 5.13. The maximum atomic E-state index is 6.29. The van der Waals surface area contributed by atoms with E-state index >= 15 is 0 Å². The van der Waals surface area contributed by atoms with Crippen molar-refractivity contribution in [1.82, 2.24) is 4.98 Å². The number of nitrogens with zero attached hydrogens (tertiary/aromatic N) is 3. The van der Waals surface area contributed by atoms with E-state index in [9.17, 15) is 0 Å². The van der Waals surface area contributed by atoms with E-state index in [2.05, 4.69) is 23.3 Å². The van der Waals surface area contributed by atoms with Crippen molar-refractivity contribution in [1.29, 1.82) is 0 Å². The summed E-state index contributed by atoms with van der Waals surface area (Å²) in [6.07, 6.45) is 6.10. The van der Waals surface area contributed by atoms with Gasteiger partial charge in [0.15, 0.2) is 5.60 Å². The molecule has 0 amide bonds. The zero-order chi connectivity index (χ0) is 13.6. The van der Waals surface area contributed by atoms with E-state index in [1.54, 1.807) is 12.4 Å². The van der Waals surface area contributed by atoms with E-state index in [1.165, 1.54) is 25.9 Å². The Kier molecular flexibility index (Phi) is 2.57.